The van der Waals surface area contributed by atoms with E-state index in [1.807, 2.05) is 0 Å². The molecule has 168 valence electrons. The summed E-state index contributed by atoms with van der Waals surface area (Å²) in [6.07, 6.45) is 3.01. The number of rotatable bonds is 8. The Morgan fingerprint density at radius 3 is 2.24 bits per heavy atom. The zero-order chi connectivity index (χ0) is 23.4. The zero-order valence-corrected chi connectivity index (χ0v) is 18.2. The predicted molar refractivity (Wildman–Crippen MR) is 118 cm³/mol. The maximum atomic E-state index is 13.1. The molecule has 1 aliphatic rings. The SMILES string of the molecule is COc1ccc(C(CC(=O)OCc2cccnc2)N2C(=O)c3ccccc3C2=O)cc1OC. The summed E-state index contributed by atoms with van der Waals surface area (Å²) in [7, 11) is 3.00. The molecule has 1 aliphatic heterocycles. The second-order valence-electron chi connectivity index (χ2n) is 7.38. The fourth-order valence-electron chi connectivity index (χ4n) is 3.77. The van der Waals surface area contributed by atoms with Gasteiger partial charge >= 0.3 is 5.97 Å². The average molecular weight is 446 g/mol. The van der Waals surface area contributed by atoms with Crippen LogP contribution in [0.25, 0.3) is 0 Å². The van der Waals surface area contributed by atoms with Gasteiger partial charge in [-0.2, -0.15) is 0 Å². The molecule has 1 unspecified atom stereocenters. The van der Waals surface area contributed by atoms with Gasteiger partial charge in [0.2, 0.25) is 0 Å². The van der Waals surface area contributed by atoms with Crippen LogP contribution in [0.15, 0.2) is 67.0 Å². The number of nitrogens with zero attached hydrogens (tertiary/aromatic N) is 2. The Bertz CT molecular complexity index is 1160. The molecule has 2 aromatic carbocycles. The van der Waals surface area contributed by atoms with Gasteiger partial charge in [-0.25, -0.2) is 0 Å². The number of carbonyl (C=O) groups excluding carboxylic acids is 3. The van der Waals surface area contributed by atoms with Crippen molar-refractivity contribution in [2.45, 2.75) is 19.1 Å². The Labute approximate surface area is 190 Å². The van der Waals surface area contributed by atoms with Crippen molar-refractivity contribution in [1.29, 1.82) is 0 Å². The molecule has 0 spiro atoms. The Morgan fingerprint density at radius 2 is 1.64 bits per heavy atom. The van der Waals surface area contributed by atoms with Crippen LogP contribution in [0.3, 0.4) is 0 Å². The van der Waals surface area contributed by atoms with Crippen LogP contribution >= 0.6 is 0 Å². The molecule has 0 saturated carbocycles. The Hall–Kier alpha value is -4.20. The molecule has 0 aliphatic carbocycles. The number of amides is 2. The third-order valence-electron chi connectivity index (χ3n) is 5.41. The first-order chi connectivity index (χ1) is 16.0. The molecule has 8 heteroatoms. The molecule has 0 bridgehead atoms. The molecule has 4 rings (SSSR count). The minimum atomic E-state index is -0.890. The molecule has 0 N–H and O–H groups in total. The van der Waals surface area contributed by atoms with E-state index in [4.69, 9.17) is 14.2 Å². The second-order valence-corrected chi connectivity index (χ2v) is 7.38. The van der Waals surface area contributed by atoms with Gasteiger partial charge in [-0.05, 0) is 35.9 Å². The van der Waals surface area contributed by atoms with E-state index in [9.17, 15) is 14.4 Å². The summed E-state index contributed by atoms with van der Waals surface area (Å²) in [5.41, 5.74) is 1.88. The minimum absolute atomic E-state index is 0.0352. The average Bonchev–Trinajstić information content (AvgIpc) is 3.11. The van der Waals surface area contributed by atoms with E-state index >= 15 is 0 Å². The molecule has 0 radical (unpaired) electrons. The third kappa shape index (κ3) is 4.41. The van der Waals surface area contributed by atoms with Crippen LogP contribution < -0.4 is 9.47 Å². The van der Waals surface area contributed by atoms with Crippen molar-refractivity contribution in [2.75, 3.05) is 14.2 Å². The number of benzene rings is 2. The molecule has 2 heterocycles. The molecule has 8 nitrogen and oxygen atoms in total. The number of hydrogen-bond donors (Lipinski definition) is 0. The van der Waals surface area contributed by atoms with Crippen molar-refractivity contribution >= 4 is 17.8 Å². The molecule has 33 heavy (non-hydrogen) atoms. The smallest absolute Gasteiger partial charge is 0.308 e. The summed E-state index contributed by atoms with van der Waals surface area (Å²) >= 11 is 0. The molecule has 1 aromatic heterocycles. The van der Waals surface area contributed by atoms with E-state index in [0.29, 0.717) is 28.2 Å². The highest BCUT2D eigenvalue weighted by Crippen LogP contribution is 2.37. The van der Waals surface area contributed by atoms with Crippen LogP contribution in [0.5, 0.6) is 11.5 Å². The number of fused-ring (bicyclic) bond motifs is 1. The van der Waals surface area contributed by atoms with Crippen LogP contribution in [0.4, 0.5) is 0 Å². The summed E-state index contributed by atoms with van der Waals surface area (Å²) in [4.78, 5) is 44.2. The minimum Gasteiger partial charge on any atom is -0.493 e. The van der Waals surface area contributed by atoms with E-state index in [1.165, 1.54) is 14.2 Å². The highest BCUT2D eigenvalue weighted by molar-refractivity contribution is 6.21. The van der Waals surface area contributed by atoms with Crippen LogP contribution in [0.1, 0.15) is 44.3 Å². The van der Waals surface area contributed by atoms with Gasteiger partial charge in [0, 0.05) is 18.0 Å². The Kier molecular flexibility index (Phi) is 6.35. The van der Waals surface area contributed by atoms with Gasteiger partial charge in [0.25, 0.3) is 11.8 Å². The zero-order valence-electron chi connectivity index (χ0n) is 18.2. The summed E-state index contributed by atoms with van der Waals surface area (Å²) in [6, 6.07) is 14.3. The monoisotopic (exact) mass is 446 g/mol. The number of aromatic nitrogens is 1. The van der Waals surface area contributed by atoms with Crippen molar-refractivity contribution in [2.24, 2.45) is 0 Å². The van der Waals surface area contributed by atoms with Gasteiger partial charge in [-0.1, -0.05) is 24.3 Å². The lowest BCUT2D eigenvalue weighted by Gasteiger charge is -2.26. The number of ether oxygens (including phenoxy) is 3. The topological polar surface area (TPSA) is 95.0 Å². The van der Waals surface area contributed by atoms with Gasteiger partial charge in [0.1, 0.15) is 6.61 Å². The van der Waals surface area contributed by atoms with Gasteiger partial charge < -0.3 is 14.2 Å². The quantitative estimate of drug-likeness (QED) is 0.386. The Balaban J connectivity index is 1.65. The highest BCUT2D eigenvalue weighted by Gasteiger charge is 2.41. The van der Waals surface area contributed by atoms with E-state index in [-0.39, 0.29) is 13.0 Å². The van der Waals surface area contributed by atoms with E-state index in [2.05, 4.69) is 4.98 Å². The van der Waals surface area contributed by atoms with Crippen molar-refractivity contribution in [1.82, 2.24) is 9.88 Å². The summed E-state index contributed by atoms with van der Waals surface area (Å²) in [5, 5.41) is 0. The lowest BCUT2D eigenvalue weighted by atomic mass is 10.0. The maximum absolute atomic E-state index is 13.1. The lowest BCUT2D eigenvalue weighted by Crippen LogP contribution is -2.35. The van der Waals surface area contributed by atoms with Crippen LogP contribution in [-0.4, -0.2) is 41.9 Å². The lowest BCUT2D eigenvalue weighted by molar-refractivity contribution is -0.146. The molecular formula is C25H22N2O6. The summed E-state index contributed by atoms with van der Waals surface area (Å²) < 4.78 is 16.1. The number of esters is 1. The number of methoxy groups -OCH3 is 2. The molecule has 2 amide bonds. The van der Waals surface area contributed by atoms with Crippen molar-refractivity contribution in [3.05, 3.63) is 89.2 Å². The van der Waals surface area contributed by atoms with E-state index < -0.39 is 23.8 Å². The van der Waals surface area contributed by atoms with Crippen LogP contribution in [0, 0.1) is 0 Å². The van der Waals surface area contributed by atoms with Gasteiger partial charge in [0.15, 0.2) is 11.5 Å². The van der Waals surface area contributed by atoms with Gasteiger partial charge in [-0.3, -0.25) is 24.3 Å². The molecule has 1 atom stereocenters. The summed E-state index contributed by atoms with van der Waals surface area (Å²) in [5.74, 6) is -0.581. The summed E-state index contributed by atoms with van der Waals surface area (Å²) in [6.45, 7) is 0.0352. The highest BCUT2D eigenvalue weighted by atomic mass is 16.5. The van der Waals surface area contributed by atoms with E-state index in [0.717, 1.165) is 10.5 Å². The first-order valence-electron chi connectivity index (χ1n) is 10.3. The normalized spacial score (nSPS) is 13.5. The number of pyridine rings is 1. The fourth-order valence-corrected chi connectivity index (χ4v) is 3.77. The number of imide groups is 1. The largest absolute Gasteiger partial charge is 0.493 e. The van der Waals surface area contributed by atoms with Gasteiger partial charge in [-0.15, -0.1) is 0 Å². The number of hydrogen-bond acceptors (Lipinski definition) is 7. The van der Waals surface area contributed by atoms with Crippen LogP contribution in [0.2, 0.25) is 0 Å². The van der Waals surface area contributed by atoms with Crippen molar-refractivity contribution < 1.29 is 28.6 Å². The van der Waals surface area contributed by atoms with Crippen molar-refractivity contribution in [3.63, 3.8) is 0 Å². The maximum Gasteiger partial charge on any atom is 0.308 e. The molecule has 0 saturated heterocycles. The van der Waals surface area contributed by atoms with Crippen molar-refractivity contribution in [3.8, 4) is 11.5 Å². The molecule has 0 fully saturated rings. The Morgan fingerprint density at radius 1 is 0.939 bits per heavy atom. The first-order valence-corrected chi connectivity index (χ1v) is 10.3. The van der Waals surface area contributed by atoms with Gasteiger partial charge in [0.05, 0.1) is 37.8 Å². The number of carbonyl (C=O) groups is 3. The van der Waals surface area contributed by atoms with E-state index in [1.54, 1.807) is 67.0 Å². The predicted octanol–water partition coefficient (Wildman–Crippen LogP) is 3.57. The molecular weight excluding hydrogens is 424 g/mol. The molecule has 3 aromatic rings. The first kappa shape index (κ1) is 22.0. The fraction of sp³-hybridized carbons (Fsp3) is 0.200. The third-order valence-corrected chi connectivity index (χ3v) is 5.41. The van der Waals surface area contributed by atoms with Crippen LogP contribution in [-0.2, 0) is 16.1 Å². The standard InChI is InChI=1S/C25H22N2O6/c1-31-21-10-9-17(12-22(21)32-2)20(13-23(28)33-15-16-6-5-11-26-14-16)27-24(29)18-7-3-4-8-19(18)25(27)30/h3-12,14,20H,13,15H2,1-2H3. The second kappa shape index (κ2) is 9.52.